The lowest BCUT2D eigenvalue weighted by molar-refractivity contribution is -0.0165. The number of hydrogen-bond acceptors (Lipinski definition) is 5. The number of ether oxygens (including phenoxy) is 2. The van der Waals surface area contributed by atoms with Crippen LogP contribution in [0.2, 0.25) is 0 Å². The topological polar surface area (TPSA) is 68.6 Å². The zero-order valence-electron chi connectivity index (χ0n) is 17.8. The minimum atomic E-state index is -0.461. The molecule has 0 aromatic carbocycles. The number of likely N-dealkylation sites (tertiary alicyclic amines) is 1. The van der Waals surface area contributed by atoms with Crippen LogP contribution in [-0.4, -0.2) is 64.8 Å². The molecule has 0 spiro atoms. The number of carbonyl (C=O) groups is 1. The van der Waals surface area contributed by atoms with Crippen molar-refractivity contribution in [3.63, 3.8) is 0 Å². The van der Waals surface area contributed by atoms with Gasteiger partial charge in [-0.05, 0) is 65.0 Å². The van der Waals surface area contributed by atoms with Crippen LogP contribution in [0.4, 0.5) is 4.79 Å². The van der Waals surface area contributed by atoms with E-state index in [2.05, 4.69) is 16.6 Å². The van der Waals surface area contributed by atoms with Crippen LogP contribution in [0.5, 0.6) is 0 Å². The molecule has 1 aromatic heterocycles. The SMILES string of the molecule is Cn1cc(CCCNC2CCOCC2C2CCCN2C(=O)OC(C)(C)C)cn1. The summed E-state index contributed by atoms with van der Waals surface area (Å²) in [6.45, 7) is 9.02. The van der Waals surface area contributed by atoms with Crippen LogP contribution in [0.1, 0.15) is 52.0 Å². The molecule has 0 aliphatic carbocycles. The highest BCUT2D eigenvalue weighted by Gasteiger charge is 2.41. The van der Waals surface area contributed by atoms with Gasteiger partial charge in [0.2, 0.25) is 0 Å². The van der Waals surface area contributed by atoms with Crippen LogP contribution in [0.15, 0.2) is 12.4 Å². The first kappa shape index (κ1) is 21.1. The third-order valence-electron chi connectivity index (χ3n) is 5.63. The summed E-state index contributed by atoms with van der Waals surface area (Å²) in [7, 11) is 1.95. The van der Waals surface area contributed by atoms with E-state index in [-0.39, 0.29) is 12.1 Å². The van der Waals surface area contributed by atoms with Crippen molar-refractivity contribution in [1.29, 1.82) is 0 Å². The van der Waals surface area contributed by atoms with E-state index in [1.165, 1.54) is 5.56 Å². The maximum Gasteiger partial charge on any atom is 0.410 e. The number of carbonyl (C=O) groups excluding carboxylic acids is 1. The van der Waals surface area contributed by atoms with Crippen LogP contribution in [0, 0.1) is 5.92 Å². The van der Waals surface area contributed by atoms with Gasteiger partial charge in [-0.2, -0.15) is 5.10 Å². The van der Waals surface area contributed by atoms with E-state index in [9.17, 15) is 4.79 Å². The highest BCUT2D eigenvalue weighted by molar-refractivity contribution is 5.69. The molecule has 3 atom stereocenters. The first-order valence-electron chi connectivity index (χ1n) is 10.6. The predicted molar refractivity (Wildman–Crippen MR) is 108 cm³/mol. The van der Waals surface area contributed by atoms with Crippen LogP contribution < -0.4 is 5.32 Å². The van der Waals surface area contributed by atoms with Crippen molar-refractivity contribution in [1.82, 2.24) is 20.0 Å². The largest absolute Gasteiger partial charge is 0.444 e. The first-order chi connectivity index (χ1) is 13.3. The lowest BCUT2D eigenvalue weighted by Gasteiger charge is -2.40. The Hall–Kier alpha value is -1.60. The quantitative estimate of drug-likeness (QED) is 0.754. The molecular weight excluding hydrogens is 356 g/mol. The van der Waals surface area contributed by atoms with Gasteiger partial charge in [0, 0.05) is 44.4 Å². The molecule has 2 fully saturated rings. The highest BCUT2D eigenvalue weighted by atomic mass is 16.6. The summed E-state index contributed by atoms with van der Waals surface area (Å²) < 4.78 is 13.3. The fourth-order valence-corrected chi connectivity index (χ4v) is 4.36. The second-order valence-electron chi connectivity index (χ2n) is 9.10. The minimum Gasteiger partial charge on any atom is -0.444 e. The van der Waals surface area contributed by atoms with Crippen LogP contribution in [-0.2, 0) is 22.9 Å². The third kappa shape index (κ3) is 5.70. The molecule has 2 aliphatic heterocycles. The Balaban J connectivity index is 1.53. The van der Waals surface area contributed by atoms with E-state index in [0.717, 1.165) is 51.8 Å². The van der Waals surface area contributed by atoms with Crippen molar-refractivity contribution in [2.75, 3.05) is 26.3 Å². The summed E-state index contributed by atoms with van der Waals surface area (Å²) in [4.78, 5) is 14.6. The van der Waals surface area contributed by atoms with Crippen molar-refractivity contribution >= 4 is 6.09 Å². The van der Waals surface area contributed by atoms with Gasteiger partial charge < -0.3 is 19.7 Å². The van der Waals surface area contributed by atoms with E-state index in [4.69, 9.17) is 9.47 Å². The molecule has 7 nitrogen and oxygen atoms in total. The Kier molecular flexibility index (Phi) is 6.99. The average molecular weight is 393 g/mol. The zero-order valence-corrected chi connectivity index (χ0v) is 17.8. The molecule has 158 valence electrons. The molecule has 2 aliphatic rings. The van der Waals surface area contributed by atoms with Gasteiger partial charge in [0.1, 0.15) is 5.60 Å². The van der Waals surface area contributed by atoms with E-state index in [0.29, 0.717) is 18.6 Å². The summed E-state index contributed by atoms with van der Waals surface area (Å²) in [5.41, 5.74) is 0.816. The lowest BCUT2D eigenvalue weighted by Crippen LogP contribution is -2.53. The van der Waals surface area contributed by atoms with Crippen LogP contribution in [0.25, 0.3) is 0 Å². The maximum absolute atomic E-state index is 12.7. The predicted octanol–water partition coefficient (Wildman–Crippen LogP) is 2.75. The van der Waals surface area contributed by atoms with Crippen molar-refractivity contribution in [3.05, 3.63) is 18.0 Å². The van der Waals surface area contributed by atoms with Gasteiger partial charge in [0.05, 0.1) is 12.8 Å². The normalized spacial score (nSPS) is 25.9. The Bertz CT molecular complexity index is 640. The summed E-state index contributed by atoms with van der Waals surface area (Å²) in [6, 6.07) is 0.585. The van der Waals surface area contributed by atoms with Gasteiger partial charge in [0.25, 0.3) is 0 Å². The summed E-state index contributed by atoms with van der Waals surface area (Å²) in [6.07, 6.45) is 9.00. The molecule has 3 unspecified atom stereocenters. The monoisotopic (exact) mass is 392 g/mol. The molecular formula is C21H36N4O3. The molecule has 3 heterocycles. The Morgan fingerprint density at radius 1 is 1.39 bits per heavy atom. The molecule has 28 heavy (non-hydrogen) atoms. The standard InChI is InChI=1S/C21H36N4O3/c1-21(2,3)28-20(26)25-11-6-8-19(25)17-15-27-12-9-18(17)22-10-5-7-16-13-23-24(4)14-16/h13-14,17-19,22H,5-12,15H2,1-4H3. The molecule has 7 heteroatoms. The molecule has 3 rings (SSSR count). The highest BCUT2D eigenvalue weighted by Crippen LogP contribution is 2.31. The number of rotatable bonds is 6. The van der Waals surface area contributed by atoms with Crippen molar-refractivity contribution < 1.29 is 14.3 Å². The number of hydrogen-bond donors (Lipinski definition) is 1. The third-order valence-corrected chi connectivity index (χ3v) is 5.63. The molecule has 0 bridgehead atoms. The molecule has 2 saturated heterocycles. The summed E-state index contributed by atoms with van der Waals surface area (Å²) in [5, 5.41) is 7.98. The molecule has 1 amide bonds. The number of nitrogens with zero attached hydrogens (tertiary/aromatic N) is 3. The van der Waals surface area contributed by atoms with E-state index in [1.54, 1.807) is 0 Å². The fourth-order valence-electron chi connectivity index (χ4n) is 4.36. The van der Waals surface area contributed by atoms with E-state index >= 15 is 0 Å². The fraction of sp³-hybridized carbons (Fsp3) is 0.810. The zero-order chi connectivity index (χ0) is 20.1. The van der Waals surface area contributed by atoms with Crippen molar-refractivity contribution in [2.24, 2.45) is 13.0 Å². The number of aromatic nitrogens is 2. The summed E-state index contributed by atoms with van der Waals surface area (Å²) in [5.74, 6) is 0.321. The second kappa shape index (κ2) is 9.27. The van der Waals surface area contributed by atoms with Gasteiger partial charge in [0.15, 0.2) is 0 Å². The Labute approximate surface area is 168 Å². The second-order valence-corrected chi connectivity index (χ2v) is 9.10. The maximum atomic E-state index is 12.7. The smallest absolute Gasteiger partial charge is 0.410 e. The Morgan fingerprint density at radius 3 is 2.93 bits per heavy atom. The van der Waals surface area contributed by atoms with Crippen LogP contribution >= 0.6 is 0 Å². The minimum absolute atomic E-state index is 0.184. The van der Waals surface area contributed by atoms with Gasteiger partial charge in [-0.3, -0.25) is 4.68 Å². The number of amides is 1. The lowest BCUT2D eigenvalue weighted by atomic mass is 9.87. The summed E-state index contributed by atoms with van der Waals surface area (Å²) >= 11 is 0. The molecule has 0 radical (unpaired) electrons. The van der Waals surface area contributed by atoms with E-state index in [1.807, 2.05) is 43.6 Å². The molecule has 0 saturated carbocycles. The molecule has 1 aromatic rings. The first-order valence-corrected chi connectivity index (χ1v) is 10.6. The number of nitrogens with one attached hydrogen (secondary N) is 1. The average Bonchev–Trinajstić information content (AvgIpc) is 3.26. The number of aryl methyl sites for hydroxylation is 2. The van der Waals surface area contributed by atoms with Gasteiger partial charge >= 0.3 is 6.09 Å². The molecule has 1 N–H and O–H groups in total. The van der Waals surface area contributed by atoms with Gasteiger partial charge in [-0.25, -0.2) is 4.79 Å². The van der Waals surface area contributed by atoms with E-state index < -0.39 is 5.60 Å². The van der Waals surface area contributed by atoms with Gasteiger partial charge in [-0.15, -0.1) is 0 Å². The van der Waals surface area contributed by atoms with Crippen molar-refractivity contribution in [2.45, 2.75) is 70.6 Å². The Morgan fingerprint density at radius 2 is 2.21 bits per heavy atom. The van der Waals surface area contributed by atoms with Crippen molar-refractivity contribution in [3.8, 4) is 0 Å². The van der Waals surface area contributed by atoms with Crippen LogP contribution in [0.3, 0.4) is 0 Å². The van der Waals surface area contributed by atoms with Gasteiger partial charge in [-0.1, -0.05) is 0 Å².